The summed E-state index contributed by atoms with van der Waals surface area (Å²) in [6.07, 6.45) is 0. The van der Waals surface area contributed by atoms with Crippen LogP contribution in [-0.4, -0.2) is 10.2 Å². The Morgan fingerprint density at radius 3 is 2.37 bits per heavy atom. The van der Waals surface area contributed by atoms with E-state index < -0.39 is 5.82 Å². The van der Waals surface area contributed by atoms with Crippen molar-refractivity contribution in [2.24, 2.45) is 0 Å². The molecule has 0 aliphatic rings. The van der Waals surface area contributed by atoms with Gasteiger partial charge in [0.15, 0.2) is 5.15 Å². The molecule has 0 fully saturated rings. The van der Waals surface area contributed by atoms with E-state index in [2.05, 4.69) is 10.2 Å². The van der Waals surface area contributed by atoms with Crippen LogP contribution in [0.3, 0.4) is 0 Å². The molecule has 5 heteroatoms. The highest BCUT2D eigenvalue weighted by atomic mass is 35.5. The second-order valence-electron chi connectivity index (χ2n) is 4.01. The summed E-state index contributed by atoms with van der Waals surface area (Å²) in [7, 11) is 0. The Hall–Kier alpha value is -1.71. The van der Waals surface area contributed by atoms with E-state index in [9.17, 15) is 4.39 Å². The number of fused-ring (bicyclic) bond motifs is 1. The van der Waals surface area contributed by atoms with Crippen LogP contribution in [0.15, 0.2) is 42.5 Å². The molecule has 0 unspecified atom stereocenters. The Bertz CT molecular complexity index is 774. The molecule has 0 saturated carbocycles. The topological polar surface area (TPSA) is 25.8 Å². The molecule has 0 radical (unpaired) electrons. The molecule has 0 saturated heterocycles. The maximum atomic E-state index is 13.2. The predicted molar refractivity (Wildman–Crippen MR) is 75.0 cm³/mol. The Morgan fingerprint density at radius 2 is 1.63 bits per heavy atom. The molecule has 0 amide bonds. The van der Waals surface area contributed by atoms with Gasteiger partial charge in [0.1, 0.15) is 11.5 Å². The molecule has 0 spiro atoms. The fraction of sp³-hybridized carbons (Fsp3) is 0. The Kier molecular flexibility index (Phi) is 3.09. The Labute approximate surface area is 118 Å². The fourth-order valence-electron chi connectivity index (χ4n) is 1.93. The van der Waals surface area contributed by atoms with Crippen LogP contribution in [0.4, 0.5) is 4.39 Å². The highest BCUT2D eigenvalue weighted by Gasteiger charge is 2.11. The van der Waals surface area contributed by atoms with E-state index in [0.717, 1.165) is 10.8 Å². The van der Waals surface area contributed by atoms with Crippen molar-refractivity contribution in [3.8, 4) is 11.3 Å². The van der Waals surface area contributed by atoms with Crippen LogP contribution >= 0.6 is 23.2 Å². The van der Waals surface area contributed by atoms with Crippen molar-refractivity contribution < 1.29 is 4.39 Å². The van der Waals surface area contributed by atoms with Crippen molar-refractivity contribution in [2.45, 2.75) is 0 Å². The van der Waals surface area contributed by atoms with E-state index in [1.165, 1.54) is 12.1 Å². The van der Waals surface area contributed by atoms with Crippen molar-refractivity contribution in [1.29, 1.82) is 0 Å². The lowest BCUT2D eigenvalue weighted by Crippen LogP contribution is -1.92. The second-order valence-corrected chi connectivity index (χ2v) is 4.78. The average Bonchev–Trinajstić information content (AvgIpc) is 2.43. The van der Waals surface area contributed by atoms with Gasteiger partial charge in [-0.05, 0) is 18.2 Å². The molecule has 2 aromatic carbocycles. The normalized spacial score (nSPS) is 10.9. The van der Waals surface area contributed by atoms with Crippen molar-refractivity contribution in [1.82, 2.24) is 10.2 Å². The molecule has 3 aromatic rings. The van der Waals surface area contributed by atoms with Crippen LogP contribution in [0, 0.1) is 5.82 Å². The van der Waals surface area contributed by atoms with E-state index in [1.54, 1.807) is 6.07 Å². The summed E-state index contributed by atoms with van der Waals surface area (Å²) in [6, 6.07) is 12.0. The minimum absolute atomic E-state index is 0.0540. The molecule has 0 aliphatic carbocycles. The molecule has 3 rings (SSSR count). The van der Waals surface area contributed by atoms with E-state index in [1.807, 2.05) is 24.3 Å². The first-order valence-corrected chi connectivity index (χ1v) is 6.29. The van der Waals surface area contributed by atoms with Gasteiger partial charge in [-0.1, -0.05) is 47.5 Å². The van der Waals surface area contributed by atoms with E-state index in [-0.39, 0.29) is 5.02 Å². The number of rotatable bonds is 1. The first-order valence-electron chi connectivity index (χ1n) is 5.53. The summed E-state index contributed by atoms with van der Waals surface area (Å²) in [5, 5.41) is 10.0. The predicted octanol–water partition coefficient (Wildman–Crippen LogP) is 4.74. The lowest BCUT2D eigenvalue weighted by atomic mass is 10.1. The third kappa shape index (κ3) is 2.15. The fourth-order valence-corrected chi connectivity index (χ4v) is 2.31. The van der Waals surface area contributed by atoms with E-state index in [0.29, 0.717) is 16.4 Å². The third-order valence-corrected chi connectivity index (χ3v) is 3.40. The van der Waals surface area contributed by atoms with Gasteiger partial charge in [-0.25, -0.2) is 4.39 Å². The van der Waals surface area contributed by atoms with Crippen LogP contribution in [0.25, 0.3) is 22.0 Å². The molecule has 0 bridgehead atoms. The summed E-state index contributed by atoms with van der Waals surface area (Å²) in [5.41, 5.74) is 1.33. The van der Waals surface area contributed by atoms with Gasteiger partial charge < -0.3 is 0 Å². The van der Waals surface area contributed by atoms with Crippen LogP contribution in [-0.2, 0) is 0 Å². The monoisotopic (exact) mass is 292 g/mol. The third-order valence-electron chi connectivity index (χ3n) is 2.84. The summed E-state index contributed by atoms with van der Waals surface area (Å²) < 4.78 is 13.2. The number of aromatic nitrogens is 2. The number of hydrogen-bond acceptors (Lipinski definition) is 2. The number of halogens is 3. The van der Waals surface area contributed by atoms with E-state index in [4.69, 9.17) is 23.2 Å². The first kappa shape index (κ1) is 12.3. The zero-order valence-electron chi connectivity index (χ0n) is 9.57. The van der Waals surface area contributed by atoms with Gasteiger partial charge in [0.05, 0.1) is 5.02 Å². The average molecular weight is 293 g/mol. The smallest absolute Gasteiger partial charge is 0.159 e. The van der Waals surface area contributed by atoms with Crippen molar-refractivity contribution in [3.63, 3.8) is 0 Å². The summed E-state index contributed by atoms with van der Waals surface area (Å²) in [4.78, 5) is 0. The molecule has 1 heterocycles. The van der Waals surface area contributed by atoms with Crippen molar-refractivity contribution in [2.75, 3.05) is 0 Å². The Balaban J connectivity index is 2.31. The largest absolute Gasteiger partial charge is 0.205 e. The summed E-state index contributed by atoms with van der Waals surface area (Å²) >= 11 is 11.8. The number of benzene rings is 2. The van der Waals surface area contributed by atoms with Gasteiger partial charge in [0, 0.05) is 16.3 Å². The summed E-state index contributed by atoms with van der Waals surface area (Å²) in [5.74, 6) is -0.461. The molecular weight excluding hydrogens is 286 g/mol. The number of hydrogen-bond donors (Lipinski definition) is 0. The SMILES string of the molecule is Fc1ccc(-c2nnc(Cl)c3ccccc23)cc1Cl. The minimum atomic E-state index is -0.461. The maximum absolute atomic E-state index is 13.2. The van der Waals surface area contributed by atoms with Crippen LogP contribution in [0.2, 0.25) is 10.2 Å². The van der Waals surface area contributed by atoms with Crippen molar-refractivity contribution in [3.05, 3.63) is 58.5 Å². The van der Waals surface area contributed by atoms with Crippen LogP contribution in [0.1, 0.15) is 0 Å². The minimum Gasteiger partial charge on any atom is -0.205 e. The lowest BCUT2D eigenvalue weighted by molar-refractivity contribution is 0.628. The van der Waals surface area contributed by atoms with Gasteiger partial charge in [-0.15, -0.1) is 10.2 Å². The van der Waals surface area contributed by atoms with Gasteiger partial charge in [-0.2, -0.15) is 0 Å². The zero-order valence-corrected chi connectivity index (χ0v) is 11.1. The molecule has 94 valence electrons. The zero-order chi connectivity index (χ0) is 13.4. The van der Waals surface area contributed by atoms with Crippen molar-refractivity contribution >= 4 is 34.0 Å². The van der Waals surface area contributed by atoms with Gasteiger partial charge in [0.25, 0.3) is 0 Å². The lowest BCUT2D eigenvalue weighted by Gasteiger charge is -2.06. The van der Waals surface area contributed by atoms with Gasteiger partial charge in [0.2, 0.25) is 0 Å². The first-order chi connectivity index (χ1) is 9.16. The molecule has 2 nitrogen and oxygen atoms in total. The molecule has 0 atom stereocenters. The van der Waals surface area contributed by atoms with E-state index >= 15 is 0 Å². The molecule has 19 heavy (non-hydrogen) atoms. The molecule has 0 aliphatic heterocycles. The van der Waals surface area contributed by atoms with Gasteiger partial charge in [-0.3, -0.25) is 0 Å². The molecule has 0 N–H and O–H groups in total. The molecule has 1 aromatic heterocycles. The second kappa shape index (κ2) is 4.76. The number of nitrogens with zero attached hydrogens (tertiary/aromatic N) is 2. The molecular formula is C14H7Cl2FN2. The quantitative estimate of drug-likeness (QED) is 0.647. The van der Waals surface area contributed by atoms with Crippen LogP contribution < -0.4 is 0 Å². The summed E-state index contributed by atoms with van der Waals surface area (Å²) in [6.45, 7) is 0. The maximum Gasteiger partial charge on any atom is 0.159 e. The Morgan fingerprint density at radius 1 is 0.895 bits per heavy atom. The standard InChI is InChI=1S/C14H7Cl2FN2/c15-11-7-8(5-6-12(11)17)13-9-3-1-2-4-10(9)14(16)19-18-13/h1-7H. The highest BCUT2D eigenvalue weighted by molar-refractivity contribution is 6.34. The van der Waals surface area contributed by atoms with Crippen LogP contribution in [0.5, 0.6) is 0 Å². The highest BCUT2D eigenvalue weighted by Crippen LogP contribution is 2.31. The van der Waals surface area contributed by atoms with Gasteiger partial charge >= 0.3 is 0 Å².